The van der Waals surface area contributed by atoms with Gasteiger partial charge in [-0.3, -0.25) is 4.90 Å². The molecular weight excluding hydrogens is 318 g/mol. The fourth-order valence-electron chi connectivity index (χ4n) is 3.25. The van der Waals surface area contributed by atoms with Gasteiger partial charge in [-0.25, -0.2) is 9.97 Å². The first kappa shape index (κ1) is 15.4. The van der Waals surface area contributed by atoms with Crippen LogP contribution in [0.5, 0.6) is 0 Å². The predicted octanol–water partition coefficient (Wildman–Crippen LogP) is 3.02. The van der Waals surface area contributed by atoms with Gasteiger partial charge in [0.05, 0.1) is 16.7 Å². The Morgan fingerprint density at radius 2 is 2.17 bits per heavy atom. The molecule has 24 heavy (non-hydrogen) atoms. The molecule has 1 aliphatic rings. The second-order valence-electron chi connectivity index (χ2n) is 6.19. The summed E-state index contributed by atoms with van der Waals surface area (Å²) >= 11 is 1.64. The van der Waals surface area contributed by atoms with E-state index < -0.39 is 0 Å². The van der Waals surface area contributed by atoms with Gasteiger partial charge in [0.25, 0.3) is 0 Å². The Labute approximate surface area is 145 Å². The number of H-pyrrole nitrogens is 1. The Kier molecular flexibility index (Phi) is 4.08. The summed E-state index contributed by atoms with van der Waals surface area (Å²) in [7, 11) is 0. The van der Waals surface area contributed by atoms with Crippen molar-refractivity contribution in [3.8, 4) is 0 Å². The molecule has 3 aromatic rings. The van der Waals surface area contributed by atoms with Crippen LogP contribution in [0.1, 0.15) is 22.0 Å². The molecule has 4 rings (SSSR count). The first-order valence-electron chi connectivity index (χ1n) is 8.27. The van der Waals surface area contributed by atoms with Crippen LogP contribution in [-0.2, 0) is 12.8 Å². The van der Waals surface area contributed by atoms with Crippen LogP contribution in [0.15, 0.2) is 24.3 Å². The largest absolute Gasteiger partial charge is 0.375 e. The fourth-order valence-corrected chi connectivity index (χ4v) is 4.12. The summed E-state index contributed by atoms with van der Waals surface area (Å²) < 4.78 is 0. The van der Waals surface area contributed by atoms with E-state index in [1.807, 2.05) is 6.92 Å². The number of nitrogens with one attached hydrogen (secondary N) is 1. The number of thiazole rings is 1. The van der Waals surface area contributed by atoms with Crippen molar-refractivity contribution in [3.05, 3.63) is 46.2 Å². The van der Waals surface area contributed by atoms with E-state index in [2.05, 4.69) is 50.2 Å². The van der Waals surface area contributed by atoms with Crippen LogP contribution in [0, 0.1) is 6.92 Å². The van der Waals surface area contributed by atoms with E-state index in [9.17, 15) is 0 Å². The van der Waals surface area contributed by atoms with Crippen LogP contribution in [0.2, 0.25) is 0 Å². The number of rotatable bonds is 3. The average Bonchev–Trinajstić information content (AvgIpc) is 3.06. The summed E-state index contributed by atoms with van der Waals surface area (Å²) in [5.41, 5.74) is 10.3. The number of aryl methyl sites for hydroxylation is 1. The van der Waals surface area contributed by atoms with Crippen LogP contribution in [0.4, 0.5) is 5.13 Å². The standard InChI is InChI=1S/C18H21N5S/c1-12-20-15-6-2-4-13(17(15)21-12)5-3-9-23-10-7-14-16(8-11-23)24-18(19)22-14/h2-6H,7-11H2,1H3,(H2,19,22)(H,20,21)/b5-3+. The summed E-state index contributed by atoms with van der Waals surface area (Å²) in [6.07, 6.45) is 6.46. The third-order valence-electron chi connectivity index (χ3n) is 4.44. The van der Waals surface area contributed by atoms with Crippen molar-refractivity contribution in [2.24, 2.45) is 0 Å². The van der Waals surface area contributed by atoms with E-state index in [4.69, 9.17) is 5.73 Å². The van der Waals surface area contributed by atoms with Crippen LogP contribution in [0.3, 0.4) is 0 Å². The molecule has 1 aromatic carbocycles. The van der Waals surface area contributed by atoms with Crippen LogP contribution < -0.4 is 5.73 Å². The molecule has 0 radical (unpaired) electrons. The minimum atomic E-state index is 0.704. The van der Waals surface area contributed by atoms with Gasteiger partial charge in [-0.2, -0.15) is 0 Å². The molecule has 2 aromatic heterocycles. The SMILES string of the molecule is Cc1nc2c(/C=C/CN3CCc4nc(N)sc4CC3)cccc2[nH]1. The topological polar surface area (TPSA) is 70.8 Å². The Hall–Kier alpha value is -2.18. The number of aromatic nitrogens is 3. The highest BCUT2D eigenvalue weighted by Crippen LogP contribution is 2.24. The molecule has 3 N–H and O–H groups in total. The number of aromatic amines is 1. The zero-order valence-electron chi connectivity index (χ0n) is 13.7. The average molecular weight is 339 g/mol. The molecule has 1 aliphatic heterocycles. The molecule has 0 unspecified atom stereocenters. The second-order valence-corrected chi connectivity index (χ2v) is 7.31. The minimum absolute atomic E-state index is 0.704. The van der Waals surface area contributed by atoms with Crippen LogP contribution >= 0.6 is 11.3 Å². The van der Waals surface area contributed by atoms with Crippen LogP contribution in [-0.4, -0.2) is 39.5 Å². The zero-order valence-corrected chi connectivity index (χ0v) is 14.6. The van der Waals surface area contributed by atoms with E-state index in [-0.39, 0.29) is 0 Å². The molecule has 0 spiro atoms. The Bertz CT molecular complexity index is 867. The highest BCUT2D eigenvalue weighted by molar-refractivity contribution is 7.15. The van der Waals surface area contributed by atoms with Gasteiger partial charge in [0.15, 0.2) is 5.13 Å². The number of fused-ring (bicyclic) bond motifs is 2. The molecule has 0 bridgehead atoms. The first-order chi connectivity index (χ1) is 11.7. The molecule has 5 nitrogen and oxygen atoms in total. The monoisotopic (exact) mass is 339 g/mol. The number of nitrogens with two attached hydrogens (primary N) is 1. The number of para-hydroxylation sites is 1. The number of hydrogen-bond acceptors (Lipinski definition) is 5. The van der Waals surface area contributed by atoms with E-state index in [0.29, 0.717) is 5.13 Å². The lowest BCUT2D eigenvalue weighted by Crippen LogP contribution is -2.26. The Balaban J connectivity index is 1.43. The number of anilines is 1. The van der Waals surface area contributed by atoms with Gasteiger partial charge >= 0.3 is 0 Å². The molecule has 0 aliphatic carbocycles. The lowest BCUT2D eigenvalue weighted by molar-refractivity contribution is 0.318. The highest BCUT2D eigenvalue weighted by atomic mass is 32.1. The molecule has 0 fully saturated rings. The number of nitrogen functional groups attached to an aromatic ring is 1. The molecule has 3 heterocycles. The van der Waals surface area contributed by atoms with Crippen molar-refractivity contribution in [2.75, 3.05) is 25.4 Å². The molecule has 0 atom stereocenters. The third-order valence-corrected chi connectivity index (χ3v) is 5.42. The number of imidazole rings is 1. The van der Waals surface area contributed by atoms with Gasteiger partial charge in [-0.1, -0.05) is 24.3 Å². The smallest absolute Gasteiger partial charge is 0.180 e. The summed E-state index contributed by atoms with van der Waals surface area (Å²) in [6, 6.07) is 6.25. The lowest BCUT2D eigenvalue weighted by atomic mass is 10.1. The van der Waals surface area contributed by atoms with Gasteiger partial charge < -0.3 is 10.7 Å². The van der Waals surface area contributed by atoms with E-state index in [1.54, 1.807) is 11.3 Å². The maximum Gasteiger partial charge on any atom is 0.180 e. The molecule has 0 amide bonds. The highest BCUT2D eigenvalue weighted by Gasteiger charge is 2.16. The van der Waals surface area contributed by atoms with Crippen molar-refractivity contribution < 1.29 is 0 Å². The lowest BCUT2D eigenvalue weighted by Gasteiger charge is -2.17. The zero-order chi connectivity index (χ0) is 16.5. The number of nitrogens with zero attached hydrogens (tertiary/aromatic N) is 3. The van der Waals surface area contributed by atoms with Crippen molar-refractivity contribution in [3.63, 3.8) is 0 Å². The number of benzene rings is 1. The first-order valence-corrected chi connectivity index (χ1v) is 9.09. The minimum Gasteiger partial charge on any atom is -0.375 e. The number of hydrogen-bond donors (Lipinski definition) is 2. The molecule has 0 saturated heterocycles. The van der Waals surface area contributed by atoms with Crippen molar-refractivity contribution in [2.45, 2.75) is 19.8 Å². The predicted molar refractivity (Wildman–Crippen MR) is 100 cm³/mol. The Morgan fingerprint density at radius 3 is 3.08 bits per heavy atom. The van der Waals surface area contributed by atoms with Gasteiger partial charge in [-0.15, -0.1) is 11.3 Å². The summed E-state index contributed by atoms with van der Waals surface area (Å²) in [6.45, 7) is 5.03. The van der Waals surface area contributed by atoms with Crippen molar-refractivity contribution in [1.82, 2.24) is 19.9 Å². The second kappa shape index (κ2) is 6.37. The molecule has 0 saturated carbocycles. The summed E-state index contributed by atoms with van der Waals surface area (Å²) in [4.78, 5) is 16.1. The fraction of sp³-hybridized carbons (Fsp3) is 0.333. The molecule has 124 valence electrons. The van der Waals surface area contributed by atoms with E-state index in [1.165, 1.54) is 16.1 Å². The maximum absolute atomic E-state index is 5.81. The van der Waals surface area contributed by atoms with Crippen LogP contribution in [0.25, 0.3) is 17.1 Å². The third kappa shape index (κ3) is 3.07. The molecule has 6 heteroatoms. The summed E-state index contributed by atoms with van der Waals surface area (Å²) in [5, 5.41) is 0.704. The van der Waals surface area contributed by atoms with Crippen molar-refractivity contribution >= 4 is 33.6 Å². The Morgan fingerprint density at radius 1 is 1.29 bits per heavy atom. The van der Waals surface area contributed by atoms with Gasteiger partial charge in [0.1, 0.15) is 5.82 Å². The maximum atomic E-state index is 5.81. The molecular formula is C18H21N5S. The summed E-state index contributed by atoms with van der Waals surface area (Å²) in [5.74, 6) is 0.955. The van der Waals surface area contributed by atoms with E-state index in [0.717, 1.165) is 49.3 Å². The quantitative estimate of drug-likeness (QED) is 0.769. The van der Waals surface area contributed by atoms with Crippen molar-refractivity contribution in [1.29, 1.82) is 0 Å². The normalized spacial score (nSPS) is 15.9. The van der Waals surface area contributed by atoms with Gasteiger partial charge in [0.2, 0.25) is 0 Å². The van der Waals surface area contributed by atoms with Gasteiger partial charge in [-0.05, 0) is 19.4 Å². The van der Waals surface area contributed by atoms with Gasteiger partial charge in [0, 0.05) is 36.5 Å². The van der Waals surface area contributed by atoms with E-state index >= 15 is 0 Å².